The van der Waals surface area contributed by atoms with Crippen LogP contribution in [0, 0.1) is 5.41 Å². The molecule has 0 bridgehead atoms. The number of carbonyl (C=O) groups excluding carboxylic acids is 2. The molecule has 0 unspecified atom stereocenters. The van der Waals surface area contributed by atoms with E-state index in [9.17, 15) is 27.2 Å². The van der Waals surface area contributed by atoms with Crippen molar-refractivity contribution in [2.24, 2.45) is 5.41 Å². The fourth-order valence-electron chi connectivity index (χ4n) is 4.01. The highest BCUT2D eigenvalue weighted by molar-refractivity contribution is 6.32. The number of benzene rings is 1. The van der Waals surface area contributed by atoms with E-state index in [2.05, 4.69) is 20.0 Å². The minimum Gasteiger partial charge on any atom is -0.406 e. The second-order valence-electron chi connectivity index (χ2n) is 9.07. The molecule has 3 rings (SSSR count). The summed E-state index contributed by atoms with van der Waals surface area (Å²) in [6, 6.07) is 3.69. The zero-order chi connectivity index (χ0) is 26.7. The number of aromatic nitrogens is 2. The number of halogens is 5. The monoisotopic (exact) mass is 532 g/mol. The Hall–Kier alpha value is -2.99. The van der Waals surface area contributed by atoms with Crippen LogP contribution in [0.1, 0.15) is 32.8 Å². The topological polar surface area (TPSA) is 93.6 Å². The number of hydrogen-bond acceptors (Lipinski definition) is 6. The first kappa shape index (κ1) is 27.6. The van der Waals surface area contributed by atoms with Crippen LogP contribution in [-0.2, 0) is 19.9 Å². The normalized spacial score (nSPS) is 20.1. The van der Waals surface area contributed by atoms with Crippen LogP contribution in [0.2, 0.25) is 0 Å². The van der Waals surface area contributed by atoms with Crippen molar-refractivity contribution in [1.29, 1.82) is 0 Å². The summed E-state index contributed by atoms with van der Waals surface area (Å²) >= 11 is 5.52. The number of nitrogens with one attached hydrogen (secondary N) is 1. The Morgan fingerprint density at radius 3 is 2.36 bits per heavy atom. The molecule has 1 aromatic heterocycles. The zero-order valence-corrected chi connectivity index (χ0v) is 20.4. The van der Waals surface area contributed by atoms with Crippen LogP contribution >= 0.6 is 11.6 Å². The Morgan fingerprint density at radius 2 is 1.83 bits per heavy atom. The van der Waals surface area contributed by atoms with Gasteiger partial charge in [0.1, 0.15) is 12.1 Å². The summed E-state index contributed by atoms with van der Waals surface area (Å²) in [7, 11) is 0. The SMILES string of the molecule is CC1(C)COCC[C@@H]1NC(=O)[C@@](C)(c1cncnc1)N(C(=O)[C@H](F)Cl)c1ccc(OC(F)(F)F)cc1. The highest BCUT2D eigenvalue weighted by Crippen LogP contribution is 2.37. The highest BCUT2D eigenvalue weighted by Gasteiger charge is 2.49. The predicted octanol–water partition coefficient (Wildman–Crippen LogP) is 4.09. The summed E-state index contributed by atoms with van der Waals surface area (Å²) < 4.78 is 61.4. The maximum Gasteiger partial charge on any atom is 0.573 e. The lowest BCUT2D eigenvalue weighted by Crippen LogP contribution is -2.62. The number of hydrogen-bond donors (Lipinski definition) is 1. The van der Waals surface area contributed by atoms with E-state index in [1.54, 1.807) is 0 Å². The van der Waals surface area contributed by atoms with Gasteiger partial charge in [-0.1, -0.05) is 25.4 Å². The van der Waals surface area contributed by atoms with E-state index in [4.69, 9.17) is 16.3 Å². The van der Waals surface area contributed by atoms with Crippen LogP contribution in [0.5, 0.6) is 5.75 Å². The Bertz CT molecular complexity index is 1070. The maximum atomic E-state index is 14.2. The molecule has 8 nitrogen and oxygen atoms in total. The van der Waals surface area contributed by atoms with Gasteiger partial charge in [0.15, 0.2) is 5.54 Å². The first-order valence-corrected chi connectivity index (χ1v) is 11.3. The molecular formula is C23H25ClF4N4O4. The van der Waals surface area contributed by atoms with Gasteiger partial charge in [-0.3, -0.25) is 14.5 Å². The second-order valence-corrected chi connectivity index (χ2v) is 9.45. The standard InChI is InChI=1S/C23H25ClF4N4O4/c1-21(2)12-35-9-8-17(21)31-20(34)22(3,14-10-29-13-30-11-14)32(19(33)18(24)25)15-4-6-16(7-5-15)36-23(26,27)28/h4-7,10-11,13,17-18H,8-9,12H2,1-3H3,(H,31,34)/t17-,18-,22+/m0/s1. The lowest BCUT2D eigenvalue weighted by molar-refractivity contribution is -0.274. The second kappa shape index (κ2) is 10.6. The lowest BCUT2D eigenvalue weighted by Gasteiger charge is -2.44. The van der Waals surface area contributed by atoms with Crippen LogP contribution in [0.25, 0.3) is 0 Å². The van der Waals surface area contributed by atoms with Crippen molar-refractivity contribution in [2.75, 3.05) is 18.1 Å². The Kier molecular flexibility index (Phi) is 8.09. The van der Waals surface area contributed by atoms with Gasteiger partial charge in [0, 0.05) is 41.7 Å². The first-order chi connectivity index (χ1) is 16.8. The Labute approximate surface area is 209 Å². The molecule has 0 radical (unpaired) electrons. The van der Waals surface area contributed by atoms with Crippen LogP contribution in [-0.4, -0.2) is 53.0 Å². The van der Waals surface area contributed by atoms with Crippen molar-refractivity contribution in [3.05, 3.63) is 48.5 Å². The molecule has 0 aliphatic carbocycles. The van der Waals surface area contributed by atoms with Gasteiger partial charge >= 0.3 is 6.36 Å². The molecule has 1 aromatic carbocycles. The van der Waals surface area contributed by atoms with E-state index in [1.165, 1.54) is 25.6 Å². The minimum absolute atomic E-state index is 0.106. The molecule has 1 fully saturated rings. The molecule has 1 N–H and O–H groups in total. The van der Waals surface area contributed by atoms with Gasteiger partial charge in [0.05, 0.1) is 6.61 Å². The van der Waals surface area contributed by atoms with E-state index in [1.807, 2.05) is 13.8 Å². The third-order valence-corrected chi connectivity index (χ3v) is 6.21. The third-order valence-electron chi connectivity index (χ3n) is 6.02. The molecule has 2 heterocycles. The molecule has 2 amide bonds. The van der Waals surface area contributed by atoms with E-state index in [0.29, 0.717) is 19.6 Å². The van der Waals surface area contributed by atoms with E-state index in [-0.39, 0.29) is 17.3 Å². The predicted molar refractivity (Wildman–Crippen MR) is 122 cm³/mol. The summed E-state index contributed by atoms with van der Waals surface area (Å²) in [6.07, 6.45) is -0.685. The molecule has 2 aromatic rings. The fourth-order valence-corrected chi connectivity index (χ4v) is 4.10. The fraction of sp³-hybridized carbons (Fsp3) is 0.478. The first-order valence-electron chi connectivity index (χ1n) is 10.9. The zero-order valence-electron chi connectivity index (χ0n) is 19.7. The Morgan fingerprint density at radius 1 is 1.22 bits per heavy atom. The third kappa shape index (κ3) is 6.04. The maximum absolute atomic E-state index is 14.2. The summed E-state index contributed by atoms with van der Waals surface area (Å²) in [5.41, 5.74) is -4.95. The molecule has 36 heavy (non-hydrogen) atoms. The molecule has 0 saturated carbocycles. The quantitative estimate of drug-likeness (QED) is 0.426. The van der Waals surface area contributed by atoms with Crippen molar-refractivity contribution in [3.8, 4) is 5.75 Å². The van der Waals surface area contributed by atoms with Crippen molar-refractivity contribution in [3.63, 3.8) is 0 Å². The molecule has 1 saturated heterocycles. The smallest absolute Gasteiger partial charge is 0.406 e. The largest absolute Gasteiger partial charge is 0.573 e. The summed E-state index contributed by atoms with van der Waals surface area (Å²) in [5.74, 6) is -2.58. The molecule has 196 valence electrons. The number of ether oxygens (including phenoxy) is 2. The van der Waals surface area contributed by atoms with Gasteiger partial charge < -0.3 is 14.8 Å². The van der Waals surface area contributed by atoms with E-state index < -0.39 is 40.5 Å². The molecule has 1 aliphatic heterocycles. The molecule has 0 spiro atoms. The van der Waals surface area contributed by atoms with Crippen LogP contribution < -0.4 is 15.0 Å². The number of amides is 2. The number of nitrogens with zero attached hydrogens (tertiary/aromatic N) is 3. The molecular weight excluding hydrogens is 508 g/mol. The van der Waals surface area contributed by atoms with Gasteiger partial charge in [-0.05, 0) is 37.6 Å². The Balaban J connectivity index is 2.10. The lowest BCUT2D eigenvalue weighted by atomic mass is 9.80. The molecule has 13 heteroatoms. The minimum atomic E-state index is -4.94. The van der Waals surface area contributed by atoms with Gasteiger partial charge in [0.2, 0.25) is 0 Å². The summed E-state index contributed by atoms with van der Waals surface area (Å²) in [6.45, 7) is 5.93. The van der Waals surface area contributed by atoms with Crippen LogP contribution in [0.4, 0.5) is 23.2 Å². The van der Waals surface area contributed by atoms with Gasteiger partial charge in [-0.2, -0.15) is 0 Å². The van der Waals surface area contributed by atoms with Gasteiger partial charge in [-0.15, -0.1) is 13.2 Å². The number of rotatable bonds is 7. The number of carbonyl (C=O) groups is 2. The van der Waals surface area contributed by atoms with Gasteiger partial charge in [0.25, 0.3) is 17.4 Å². The van der Waals surface area contributed by atoms with Crippen LogP contribution in [0.3, 0.4) is 0 Å². The molecule has 1 aliphatic rings. The highest BCUT2D eigenvalue weighted by atomic mass is 35.5. The van der Waals surface area contributed by atoms with Crippen molar-refractivity contribution in [2.45, 2.75) is 50.8 Å². The van der Waals surface area contributed by atoms with Crippen molar-refractivity contribution >= 4 is 29.1 Å². The average molecular weight is 533 g/mol. The average Bonchev–Trinajstić information content (AvgIpc) is 2.80. The summed E-state index contributed by atoms with van der Waals surface area (Å²) in [4.78, 5) is 35.6. The van der Waals surface area contributed by atoms with Crippen molar-refractivity contribution < 1.29 is 36.6 Å². The van der Waals surface area contributed by atoms with E-state index in [0.717, 1.165) is 29.2 Å². The number of anilines is 1. The van der Waals surface area contributed by atoms with E-state index >= 15 is 0 Å². The van der Waals surface area contributed by atoms with Crippen molar-refractivity contribution in [1.82, 2.24) is 15.3 Å². The molecule has 3 atom stereocenters. The summed E-state index contributed by atoms with van der Waals surface area (Å²) in [5, 5.41) is 2.93. The van der Waals surface area contributed by atoms with Crippen LogP contribution in [0.15, 0.2) is 43.0 Å². The number of alkyl halides is 5. The van der Waals surface area contributed by atoms with Gasteiger partial charge in [-0.25, -0.2) is 14.4 Å².